The van der Waals surface area contributed by atoms with Gasteiger partial charge in [-0.25, -0.2) is 4.98 Å². The van der Waals surface area contributed by atoms with Gasteiger partial charge in [0.25, 0.3) is 0 Å². The molecule has 1 amide bonds. The lowest BCUT2D eigenvalue weighted by atomic mass is 9.49. The summed E-state index contributed by atoms with van der Waals surface area (Å²) in [5.41, 5.74) is 0.233. The van der Waals surface area contributed by atoms with Gasteiger partial charge in [-0.1, -0.05) is 6.92 Å². The number of amides is 1. The van der Waals surface area contributed by atoms with Crippen LogP contribution in [0.5, 0.6) is 5.75 Å². The van der Waals surface area contributed by atoms with Crippen LogP contribution in [0.25, 0.3) is 0 Å². The summed E-state index contributed by atoms with van der Waals surface area (Å²) in [4.78, 5) is 21.3. The van der Waals surface area contributed by atoms with Gasteiger partial charge >= 0.3 is 0 Å². The van der Waals surface area contributed by atoms with Crippen LogP contribution in [-0.2, 0) is 4.79 Å². The maximum absolute atomic E-state index is 12.8. The molecule has 6 rings (SSSR count). The summed E-state index contributed by atoms with van der Waals surface area (Å²) in [6, 6.07) is 3.50. The Morgan fingerprint density at radius 3 is 2.54 bits per heavy atom. The summed E-state index contributed by atoms with van der Waals surface area (Å²) in [6.45, 7) is 5.99. The van der Waals surface area contributed by atoms with E-state index in [1.54, 1.807) is 6.07 Å². The monoisotopic (exact) mass is 384 g/mol. The van der Waals surface area contributed by atoms with Crippen LogP contribution in [0.1, 0.15) is 39.0 Å². The fourth-order valence-corrected chi connectivity index (χ4v) is 6.62. The Labute approximate surface area is 167 Å². The van der Waals surface area contributed by atoms with Gasteiger partial charge in [0.15, 0.2) is 0 Å². The Kier molecular flexibility index (Phi) is 4.49. The Balaban J connectivity index is 1.14. The minimum atomic E-state index is 0.183. The summed E-state index contributed by atoms with van der Waals surface area (Å²) in [5, 5.41) is 13.1. The molecule has 4 saturated carbocycles. The summed E-state index contributed by atoms with van der Waals surface area (Å²) >= 11 is 0. The highest BCUT2D eigenvalue weighted by Gasteiger charge is 2.53. The van der Waals surface area contributed by atoms with Crippen molar-refractivity contribution in [3.63, 3.8) is 0 Å². The highest BCUT2D eigenvalue weighted by Crippen LogP contribution is 2.58. The van der Waals surface area contributed by atoms with Crippen molar-refractivity contribution in [2.75, 3.05) is 37.6 Å². The van der Waals surface area contributed by atoms with E-state index in [0.29, 0.717) is 6.54 Å². The van der Waals surface area contributed by atoms with E-state index in [4.69, 9.17) is 0 Å². The number of hydrogen-bond acceptors (Lipinski definition) is 5. The standard InChI is InChI=1S/C22H32N4O2/c1-15-17-8-16-9-18(15)12-22(10-16,11-17)24-14-21(28)26-6-4-25(5-7-26)20-3-2-19(27)13-23-20/h2-3,13,15-18,24,27H,4-12,14H2,1H3. The van der Waals surface area contributed by atoms with Crippen molar-refractivity contribution in [1.82, 2.24) is 15.2 Å². The minimum absolute atomic E-state index is 0.183. The quantitative estimate of drug-likeness (QED) is 0.833. The van der Waals surface area contributed by atoms with Gasteiger partial charge in [-0.2, -0.15) is 0 Å². The summed E-state index contributed by atoms with van der Waals surface area (Å²) < 4.78 is 0. The number of pyridine rings is 1. The zero-order valence-electron chi connectivity index (χ0n) is 16.8. The SMILES string of the molecule is CC1C2CC3CC1CC(NCC(=O)N1CCN(c4ccc(O)cn4)CC1)(C3)C2. The molecule has 2 heterocycles. The molecule has 1 aromatic heterocycles. The maximum Gasteiger partial charge on any atom is 0.236 e. The molecule has 5 aliphatic rings. The van der Waals surface area contributed by atoms with Crippen LogP contribution >= 0.6 is 0 Å². The van der Waals surface area contributed by atoms with E-state index < -0.39 is 0 Å². The molecule has 1 aromatic rings. The number of anilines is 1. The number of piperazine rings is 1. The van der Waals surface area contributed by atoms with E-state index in [0.717, 1.165) is 55.7 Å². The molecule has 2 N–H and O–H groups in total. The average molecular weight is 385 g/mol. The number of rotatable bonds is 4. The van der Waals surface area contributed by atoms with E-state index in [-0.39, 0.29) is 17.2 Å². The van der Waals surface area contributed by atoms with Crippen molar-refractivity contribution in [3.8, 4) is 5.75 Å². The van der Waals surface area contributed by atoms with Gasteiger partial charge in [0, 0.05) is 31.7 Å². The summed E-state index contributed by atoms with van der Waals surface area (Å²) in [5.74, 6) is 4.79. The number of carbonyl (C=O) groups excluding carboxylic acids is 1. The van der Waals surface area contributed by atoms with Crippen LogP contribution in [0.3, 0.4) is 0 Å². The van der Waals surface area contributed by atoms with Gasteiger partial charge in [0.1, 0.15) is 11.6 Å². The van der Waals surface area contributed by atoms with Crippen molar-refractivity contribution in [2.24, 2.45) is 23.7 Å². The molecule has 0 radical (unpaired) electrons. The summed E-state index contributed by atoms with van der Waals surface area (Å²) in [7, 11) is 0. The van der Waals surface area contributed by atoms with Gasteiger partial charge in [-0.3, -0.25) is 4.79 Å². The predicted molar refractivity (Wildman–Crippen MR) is 108 cm³/mol. The van der Waals surface area contributed by atoms with Crippen molar-refractivity contribution in [2.45, 2.75) is 44.6 Å². The fourth-order valence-electron chi connectivity index (χ4n) is 6.62. The molecular weight excluding hydrogens is 352 g/mol. The Morgan fingerprint density at radius 1 is 1.18 bits per heavy atom. The van der Waals surface area contributed by atoms with E-state index in [1.165, 1.54) is 38.3 Å². The molecule has 4 aliphatic carbocycles. The molecule has 28 heavy (non-hydrogen) atoms. The third-order valence-corrected chi connectivity index (χ3v) is 8.05. The molecular formula is C22H32N4O2. The zero-order valence-corrected chi connectivity index (χ0v) is 16.8. The van der Waals surface area contributed by atoms with Crippen LogP contribution in [0.15, 0.2) is 18.3 Å². The number of hydrogen-bond donors (Lipinski definition) is 2. The number of carbonyl (C=O) groups is 1. The minimum Gasteiger partial charge on any atom is -0.506 e. The number of aromatic nitrogens is 1. The first kappa shape index (κ1) is 18.2. The average Bonchev–Trinajstić information content (AvgIpc) is 2.70. The smallest absolute Gasteiger partial charge is 0.236 e. The molecule has 4 bridgehead atoms. The lowest BCUT2D eigenvalue weighted by Crippen LogP contribution is -2.62. The Bertz CT molecular complexity index is 713. The predicted octanol–water partition coefficient (Wildman–Crippen LogP) is 2.24. The number of nitrogens with zero attached hydrogens (tertiary/aromatic N) is 3. The van der Waals surface area contributed by atoms with Crippen LogP contribution in [-0.4, -0.2) is 59.2 Å². The third kappa shape index (κ3) is 3.25. The molecule has 6 heteroatoms. The van der Waals surface area contributed by atoms with Gasteiger partial charge < -0.3 is 20.2 Å². The van der Waals surface area contributed by atoms with Crippen LogP contribution in [0, 0.1) is 23.7 Å². The van der Waals surface area contributed by atoms with Crippen molar-refractivity contribution in [3.05, 3.63) is 18.3 Å². The van der Waals surface area contributed by atoms with Gasteiger partial charge in [-0.05, 0) is 67.9 Å². The number of aromatic hydroxyl groups is 1. The van der Waals surface area contributed by atoms with Gasteiger partial charge in [0.2, 0.25) is 5.91 Å². The second kappa shape index (κ2) is 6.90. The fraction of sp³-hybridized carbons (Fsp3) is 0.727. The normalized spacial score (nSPS) is 36.8. The van der Waals surface area contributed by atoms with Crippen LogP contribution in [0.4, 0.5) is 5.82 Å². The molecule has 0 spiro atoms. The molecule has 2 atom stereocenters. The lowest BCUT2D eigenvalue weighted by molar-refractivity contribution is -0.132. The van der Waals surface area contributed by atoms with Crippen molar-refractivity contribution >= 4 is 11.7 Å². The molecule has 0 aromatic carbocycles. The van der Waals surface area contributed by atoms with E-state index in [2.05, 4.69) is 22.1 Å². The van der Waals surface area contributed by atoms with Gasteiger partial charge in [0.05, 0.1) is 12.7 Å². The second-order valence-electron chi connectivity index (χ2n) is 9.71. The van der Waals surface area contributed by atoms with Crippen molar-refractivity contribution in [1.29, 1.82) is 0 Å². The van der Waals surface area contributed by atoms with Crippen LogP contribution in [0.2, 0.25) is 0 Å². The second-order valence-corrected chi connectivity index (χ2v) is 9.71. The maximum atomic E-state index is 12.8. The third-order valence-electron chi connectivity index (χ3n) is 8.05. The molecule has 6 nitrogen and oxygen atoms in total. The molecule has 1 aliphatic heterocycles. The summed E-state index contributed by atoms with van der Waals surface area (Å²) in [6.07, 6.45) is 8.14. The Hall–Kier alpha value is -1.82. The first-order valence-electron chi connectivity index (χ1n) is 10.9. The zero-order chi connectivity index (χ0) is 19.3. The lowest BCUT2D eigenvalue weighted by Gasteiger charge is -2.60. The molecule has 5 fully saturated rings. The van der Waals surface area contributed by atoms with E-state index in [9.17, 15) is 9.90 Å². The first-order valence-corrected chi connectivity index (χ1v) is 10.9. The number of nitrogens with one attached hydrogen (secondary N) is 1. The first-order chi connectivity index (χ1) is 13.5. The highest BCUT2D eigenvalue weighted by molar-refractivity contribution is 5.78. The molecule has 1 saturated heterocycles. The molecule has 152 valence electrons. The Morgan fingerprint density at radius 2 is 1.89 bits per heavy atom. The van der Waals surface area contributed by atoms with E-state index >= 15 is 0 Å². The largest absolute Gasteiger partial charge is 0.506 e. The van der Waals surface area contributed by atoms with E-state index in [1.807, 2.05) is 11.0 Å². The molecule has 2 unspecified atom stereocenters. The van der Waals surface area contributed by atoms with Crippen molar-refractivity contribution < 1.29 is 9.90 Å². The van der Waals surface area contributed by atoms with Crippen LogP contribution < -0.4 is 10.2 Å². The topological polar surface area (TPSA) is 68.7 Å². The van der Waals surface area contributed by atoms with Gasteiger partial charge in [-0.15, -0.1) is 0 Å². The highest BCUT2D eigenvalue weighted by atomic mass is 16.3.